The van der Waals surface area contributed by atoms with Crippen molar-refractivity contribution in [3.8, 4) is 0 Å². The fourth-order valence-corrected chi connectivity index (χ4v) is 5.25. The van der Waals surface area contributed by atoms with Crippen molar-refractivity contribution in [3.05, 3.63) is 68.7 Å². The molecule has 2 aliphatic heterocycles. The van der Waals surface area contributed by atoms with Crippen LogP contribution in [0.1, 0.15) is 34.6 Å². The first-order valence-electron chi connectivity index (χ1n) is 11.4. The molecule has 6 nitrogen and oxygen atoms in total. The minimum Gasteiger partial charge on any atom is -0.465 e. The summed E-state index contributed by atoms with van der Waals surface area (Å²) in [6.45, 7) is -0.00855. The maximum Gasteiger partial charge on any atom is 0.416 e. The molecular weight excluding hydrogens is 563 g/mol. The maximum absolute atomic E-state index is 13.3. The molecule has 2 heterocycles. The number of halogens is 8. The standard InChI is InChI=1S/C24H21Cl2F6N3O3/c25-18-2-1-14(9-19(18)26)17-12-34(22(37)38)4-3-20(17)35-6-5-33(21(35)36)11-13-7-15(23(27,28)29)10-16(8-13)24(30,31)32/h1-2,7-10,17,20H,3-6,11-12H2,(H,37,38)/t17-,20+/m0/s1. The summed E-state index contributed by atoms with van der Waals surface area (Å²) >= 11 is 12.2. The third-order valence-electron chi connectivity index (χ3n) is 6.77. The van der Waals surface area contributed by atoms with Crippen molar-refractivity contribution < 1.29 is 41.0 Å². The van der Waals surface area contributed by atoms with Crippen LogP contribution >= 0.6 is 23.2 Å². The summed E-state index contributed by atoms with van der Waals surface area (Å²) in [5.41, 5.74) is -2.56. The minimum atomic E-state index is -5.00. The number of hydrogen-bond donors (Lipinski definition) is 1. The summed E-state index contributed by atoms with van der Waals surface area (Å²) in [7, 11) is 0. The van der Waals surface area contributed by atoms with Crippen LogP contribution in [0, 0.1) is 0 Å². The number of piperidine rings is 1. The Hall–Kier alpha value is -2.86. The van der Waals surface area contributed by atoms with E-state index < -0.39 is 54.1 Å². The third kappa shape index (κ3) is 5.90. The van der Waals surface area contributed by atoms with Crippen LogP contribution in [0.3, 0.4) is 0 Å². The highest BCUT2D eigenvalue weighted by atomic mass is 35.5. The Morgan fingerprint density at radius 2 is 1.55 bits per heavy atom. The van der Waals surface area contributed by atoms with E-state index in [0.717, 1.165) is 0 Å². The third-order valence-corrected chi connectivity index (χ3v) is 7.51. The van der Waals surface area contributed by atoms with Gasteiger partial charge in [0.25, 0.3) is 0 Å². The van der Waals surface area contributed by atoms with Crippen LogP contribution < -0.4 is 0 Å². The van der Waals surface area contributed by atoms with Crippen LogP contribution in [-0.2, 0) is 18.9 Å². The zero-order valence-corrected chi connectivity index (χ0v) is 21.0. The fourth-order valence-electron chi connectivity index (χ4n) is 4.94. The second-order valence-electron chi connectivity index (χ2n) is 9.18. The van der Waals surface area contributed by atoms with Crippen LogP contribution in [0.25, 0.3) is 0 Å². The van der Waals surface area contributed by atoms with Gasteiger partial charge in [-0.1, -0.05) is 29.3 Å². The molecule has 3 amide bonds. The lowest BCUT2D eigenvalue weighted by Gasteiger charge is -2.41. The van der Waals surface area contributed by atoms with Crippen LogP contribution in [-0.4, -0.2) is 64.2 Å². The van der Waals surface area contributed by atoms with E-state index in [4.69, 9.17) is 23.2 Å². The number of carboxylic acid groups (broad SMARTS) is 1. The summed E-state index contributed by atoms with van der Waals surface area (Å²) in [6.07, 6.45) is -10.9. The van der Waals surface area contributed by atoms with Crippen LogP contribution in [0.4, 0.5) is 35.9 Å². The van der Waals surface area contributed by atoms with Gasteiger partial charge in [0.05, 0.1) is 21.2 Å². The first kappa shape index (κ1) is 28.2. The second kappa shape index (κ2) is 10.4. The molecule has 0 saturated carbocycles. The Bertz CT molecular complexity index is 1210. The monoisotopic (exact) mass is 583 g/mol. The lowest BCUT2D eigenvalue weighted by atomic mass is 9.85. The van der Waals surface area contributed by atoms with Crippen LogP contribution in [0.15, 0.2) is 36.4 Å². The Balaban J connectivity index is 1.59. The molecule has 0 unspecified atom stereocenters. The molecule has 2 fully saturated rings. The van der Waals surface area contributed by atoms with E-state index in [2.05, 4.69) is 0 Å². The fraction of sp³-hybridized carbons (Fsp3) is 0.417. The van der Waals surface area contributed by atoms with Crippen LogP contribution in [0.5, 0.6) is 0 Å². The highest BCUT2D eigenvalue weighted by Gasteiger charge is 2.42. The normalized spacial score (nSPS) is 20.8. The molecule has 0 radical (unpaired) electrons. The number of likely N-dealkylation sites (tertiary alicyclic amines) is 1. The van der Waals surface area contributed by atoms with Gasteiger partial charge < -0.3 is 19.8 Å². The van der Waals surface area contributed by atoms with Gasteiger partial charge in [-0.2, -0.15) is 26.3 Å². The molecule has 0 spiro atoms. The van der Waals surface area contributed by atoms with Crippen molar-refractivity contribution in [2.45, 2.75) is 37.3 Å². The van der Waals surface area contributed by atoms with Crippen molar-refractivity contribution in [2.24, 2.45) is 0 Å². The first-order chi connectivity index (χ1) is 17.6. The van der Waals surface area contributed by atoms with Crippen molar-refractivity contribution in [3.63, 3.8) is 0 Å². The molecule has 2 aliphatic rings. The average Bonchev–Trinajstić information content (AvgIpc) is 3.18. The molecule has 1 N–H and O–H groups in total. The molecule has 38 heavy (non-hydrogen) atoms. The van der Waals surface area contributed by atoms with Gasteiger partial charge >= 0.3 is 24.5 Å². The predicted octanol–water partition coefficient (Wildman–Crippen LogP) is 6.80. The topological polar surface area (TPSA) is 64.1 Å². The van der Waals surface area contributed by atoms with Gasteiger partial charge in [0, 0.05) is 44.7 Å². The molecule has 0 aliphatic carbocycles. The van der Waals surface area contributed by atoms with Crippen molar-refractivity contribution in [2.75, 3.05) is 26.2 Å². The lowest BCUT2D eigenvalue weighted by molar-refractivity contribution is -0.143. The lowest BCUT2D eigenvalue weighted by Crippen LogP contribution is -2.52. The Morgan fingerprint density at radius 3 is 2.11 bits per heavy atom. The zero-order chi connectivity index (χ0) is 28.0. The number of amides is 3. The Kier molecular flexibility index (Phi) is 7.68. The van der Waals surface area contributed by atoms with Gasteiger partial charge in [0.2, 0.25) is 0 Å². The molecule has 2 atom stereocenters. The van der Waals surface area contributed by atoms with E-state index in [1.54, 1.807) is 18.2 Å². The number of nitrogens with zero attached hydrogens (tertiary/aromatic N) is 3. The number of benzene rings is 2. The summed E-state index contributed by atoms with van der Waals surface area (Å²) in [5, 5.41) is 10.0. The van der Waals surface area contributed by atoms with Gasteiger partial charge in [-0.05, 0) is 47.9 Å². The number of carbonyl (C=O) groups is 2. The largest absolute Gasteiger partial charge is 0.465 e. The SMILES string of the molecule is O=C(O)N1CC[C@@H](N2CCN(Cc3cc(C(F)(F)F)cc(C(F)(F)F)c3)C2=O)[C@H](c2ccc(Cl)c(Cl)c2)C1. The van der Waals surface area contributed by atoms with Gasteiger partial charge in [-0.25, -0.2) is 9.59 Å². The van der Waals surface area contributed by atoms with E-state index in [0.29, 0.717) is 22.7 Å². The molecule has 0 bridgehead atoms. The van der Waals surface area contributed by atoms with Crippen LogP contribution in [0.2, 0.25) is 10.0 Å². The second-order valence-corrected chi connectivity index (χ2v) is 9.99. The summed E-state index contributed by atoms with van der Waals surface area (Å²) < 4.78 is 79.5. The molecule has 206 valence electrons. The van der Waals surface area contributed by atoms with Gasteiger partial charge in [-0.15, -0.1) is 0 Å². The van der Waals surface area contributed by atoms with Gasteiger partial charge in [0.1, 0.15) is 0 Å². The first-order valence-corrected chi connectivity index (χ1v) is 12.2. The molecule has 2 aromatic rings. The highest BCUT2D eigenvalue weighted by Crippen LogP contribution is 2.38. The average molecular weight is 584 g/mol. The van der Waals surface area contributed by atoms with E-state index in [9.17, 15) is 41.0 Å². The van der Waals surface area contributed by atoms with Crippen molar-refractivity contribution in [1.82, 2.24) is 14.7 Å². The number of carbonyl (C=O) groups excluding carboxylic acids is 1. The molecule has 2 saturated heterocycles. The summed E-state index contributed by atoms with van der Waals surface area (Å²) in [5.74, 6) is -0.482. The summed E-state index contributed by atoms with van der Waals surface area (Å²) in [4.78, 5) is 28.8. The van der Waals surface area contributed by atoms with E-state index in [1.807, 2.05) is 0 Å². The number of alkyl halides is 6. The van der Waals surface area contributed by atoms with E-state index >= 15 is 0 Å². The number of urea groups is 1. The smallest absolute Gasteiger partial charge is 0.416 e. The molecule has 4 rings (SSSR count). The van der Waals surface area contributed by atoms with Crippen molar-refractivity contribution >= 4 is 35.3 Å². The number of hydrogen-bond acceptors (Lipinski definition) is 2. The molecule has 2 aromatic carbocycles. The quantitative estimate of drug-likeness (QED) is 0.402. The van der Waals surface area contributed by atoms with E-state index in [1.165, 1.54) is 14.7 Å². The van der Waals surface area contributed by atoms with Crippen molar-refractivity contribution in [1.29, 1.82) is 0 Å². The predicted molar refractivity (Wildman–Crippen MR) is 126 cm³/mol. The Labute approximate surface area is 223 Å². The zero-order valence-electron chi connectivity index (χ0n) is 19.5. The summed E-state index contributed by atoms with van der Waals surface area (Å²) in [6, 6.07) is 5.04. The van der Waals surface area contributed by atoms with Gasteiger partial charge in [-0.3, -0.25) is 0 Å². The molecular formula is C24H21Cl2F6N3O3. The highest BCUT2D eigenvalue weighted by molar-refractivity contribution is 6.42. The minimum absolute atomic E-state index is 0.0414. The molecule has 14 heteroatoms. The maximum atomic E-state index is 13.3. The van der Waals surface area contributed by atoms with E-state index in [-0.39, 0.29) is 49.3 Å². The Morgan fingerprint density at radius 1 is 0.921 bits per heavy atom. The number of rotatable bonds is 4. The van der Waals surface area contributed by atoms with Gasteiger partial charge in [0.15, 0.2) is 0 Å². The molecule has 0 aromatic heterocycles.